The Labute approximate surface area is 79.5 Å². The number of nitrogens with two attached hydrogens (primary N) is 1. The summed E-state index contributed by atoms with van der Waals surface area (Å²) in [6.07, 6.45) is 1.83. The van der Waals surface area contributed by atoms with Gasteiger partial charge in [0.1, 0.15) is 0 Å². The third kappa shape index (κ3) is 2.95. The first kappa shape index (κ1) is 13.6. The number of nitrogen functional groups attached to an aromatic ring is 1. The molecule has 0 spiro atoms. The highest BCUT2D eigenvalue weighted by atomic mass is 35.5. The van der Waals surface area contributed by atoms with Crippen molar-refractivity contribution in [3.8, 4) is 0 Å². The van der Waals surface area contributed by atoms with Crippen molar-refractivity contribution < 1.29 is 0 Å². The standard InChI is InChI=1S/C9H11N.ClH.H3N/c1-3-8-4-5-9(10)6-7(8)2;;/h3-6H,1,10H2,2H3;1H;1H3. The fraction of sp³-hybridized carbons (Fsp3) is 0.111. The van der Waals surface area contributed by atoms with Gasteiger partial charge in [-0.05, 0) is 30.2 Å². The van der Waals surface area contributed by atoms with Gasteiger partial charge in [-0.2, -0.15) is 0 Å². The summed E-state index contributed by atoms with van der Waals surface area (Å²) in [6, 6.07) is 5.79. The van der Waals surface area contributed by atoms with Gasteiger partial charge >= 0.3 is 0 Å². The number of anilines is 1. The van der Waals surface area contributed by atoms with E-state index in [2.05, 4.69) is 6.58 Å². The van der Waals surface area contributed by atoms with Crippen molar-refractivity contribution in [2.24, 2.45) is 0 Å². The molecule has 0 bridgehead atoms. The minimum atomic E-state index is 0. The Morgan fingerprint density at radius 2 is 2.00 bits per heavy atom. The van der Waals surface area contributed by atoms with Crippen LogP contribution in [0.15, 0.2) is 24.8 Å². The first-order valence-corrected chi connectivity index (χ1v) is 3.22. The Morgan fingerprint density at radius 1 is 1.42 bits per heavy atom. The molecule has 0 amide bonds. The Hall–Kier alpha value is -0.990. The van der Waals surface area contributed by atoms with Crippen LogP contribution in [0, 0.1) is 6.92 Å². The lowest BCUT2D eigenvalue weighted by Gasteiger charge is -1.99. The maximum atomic E-state index is 5.55. The van der Waals surface area contributed by atoms with E-state index in [-0.39, 0.29) is 18.6 Å². The fourth-order valence-corrected chi connectivity index (χ4v) is 0.928. The van der Waals surface area contributed by atoms with Crippen LogP contribution in [0.2, 0.25) is 0 Å². The summed E-state index contributed by atoms with van der Waals surface area (Å²) in [5.74, 6) is 0. The molecular weight excluding hydrogens is 172 g/mol. The molecule has 0 heterocycles. The van der Waals surface area contributed by atoms with Crippen molar-refractivity contribution in [2.75, 3.05) is 5.73 Å². The molecule has 1 aromatic carbocycles. The molecule has 0 unspecified atom stereocenters. The SMILES string of the molecule is C=Cc1ccc(N)cc1C.Cl.N. The average Bonchev–Trinajstić information content (AvgIpc) is 1.88. The van der Waals surface area contributed by atoms with Gasteiger partial charge in [-0.25, -0.2) is 0 Å². The summed E-state index contributed by atoms with van der Waals surface area (Å²) in [4.78, 5) is 0. The summed E-state index contributed by atoms with van der Waals surface area (Å²) in [5, 5.41) is 0. The normalized spacial score (nSPS) is 7.75. The first-order chi connectivity index (χ1) is 4.74. The number of hydrogen-bond donors (Lipinski definition) is 2. The molecule has 0 radical (unpaired) electrons. The third-order valence-corrected chi connectivity index (χ3v) is 1.51. The molecule has 0 aromatic heterocycles. The predicted octanol–water partition coefficient (Wildman–Crippen LogP) is 2.80. The molecular formula is C9H15ClN2. The minimum Gasteiger partial charge on any atom is -0.399 e. The Balaban J connectivity index is 0. The molecule has 5 N–H and O–H groups in total. The smallest absolute Gasteiger partial charge is 0.0317 e. The molecule has 1 rings (SSSR count). The number of benzene rings is 1. The summed E-state index contributed by atoms with van der Waals surface area (Å²) in [7, 11) is 0. The Kier molecular flexibility index (Phi) is 6.38. The zero-order valence-corrected chi connectivity index (χ0v) is 8.03. The van der Waals surface area contributed by atoms with E-state index in [1.165, 1.54) is 5.56 Å². The van der Waals surface area contributed by atoms with Gasteiger partial charge in [0, 0.05) is 5.69 Å². The van der Waals surface area contributed by atoms with Gasteiger partial charge in [-0.15, -0.1) is 12.4 Å². The van der Waals surface area contributed by atoms with Crippen molar-refractivity contribution in [3.63, 3.8) is 0 Å². The van der Waals surface area contributed by atoms with E-state index in [9.17, 15) is 0 Å². The van der Waals surface area contributed by atoms with Crippen molar-refractivity contribution in [1.29, 1.82) is 0 Å². The topological polar surface area (TPSA) is 61.0 Å². The highest BCUT2D eigenvalue weighted by molar-refractivity contribution is 5.85. The molecule has 0 aliphatic rings. The van der Waals surface area contributed by atoms with E-state index in [1.807, 2.05) is 31.2 Å². The van der Waals surface area contributed by atoms with Gasteiger partial charge in [0.05, 0.1) is 0 Å². The molecule has 68 valence electrons. The van der Waals surface area contributed by atoms with Gasteiger partial charge in [-0.3, -0.25) is 0 Å². The van der Waals surface area contributed by atoms with E-state index in [0.717, 1.165) is 11.3 Å². The molecule has 0 aliphatic carbocycles. The lowest BCUT2D eigenvalue weighted by atomic mass is 10.1. The second-order valence-corrected chi connectivity index (χ2v) is 2.32. The zero-order chi connectivity index (χ0) is 7.56. The third-order valence-electron chi connectivity index (χ3n) is 1.51. The molecule has 1 aromatic rings. The van der Waals surface area contributed by atoms with Crippen LogP contribution in [0.3, 0.4) is 0 Å². The minimum absolute atomic E-state index is 0. The zero-order valence-electron chi connectivity index (χ0n) is 7.21. The predicted molar refractivity (Wildman–Crippen MR) is 58.0 cm³/mol. The molecule has 12 heavy (non-hydrogen) atoms. The maximum Gasteiger partial charge on any atom is 0.0317 e. The number of rotatable bonds is 1. The summed E-state index contributed by atoms with van der Waals surface area (Å²) in [6.45, 7) is 5.70. The second kappa shape index (κ2) is 5.63. The van der Waals surface area contributed by atoms with Crippen LogP contribution in [-0.4, -0.2) is 0 Å². The van der Waals surface area contributed by atoms with Crippen LogP contribution in [-0.2, 0) is 0 Å². The second-order valence-electron chi connectivity index (χ2n) is 2.32. The van der Waals surface area contributed by atoms with E-state index in [0.29, 0.717) is 0 Å². The summed E-state index contributed by atoms with van der Waals surface area (Å²) in [5.41, 5.74) is 8.68. The average molecular weight is 187 g/mol. The van der Waals surface area contributed by atoms with E-state index in [4.69, 9.17) is 5.73 Å². The quantitative estimate of drug-likeness (QED) is 0.663. The molecule has 0 fully saturated rings. The highest BCUT2D eigenvalue weighted by Gasteiger charge is 1.91. The van der Waals surface area contributed by atoms with E-state index >= 15 is 0 Å². The van der Waals surface area contributed by atoms with Crippen LogP contribution >= 0.6 is 12.4 Å². The maximum absolute atomic E-state index is 5.55. The van der Waals surface area contributed by atoms with Gasteiger partial charge < -0.3 is 11.9 Å². The monoisotopic (exact) mass is 186 g/mol. The number of aryl methyl sites for hydroxylation is 1. The number of hydrogen-bond acceptors (Lipinski definition) is 2. The molecule has 3 heteroatoms. The van der Waals surface area contributed by atoms with Crippen LogP contribution in [0.5, 0.6) is 0 Å². The van der Waals surface area contributed by atoms with E-state index < -0.39 is 0 Å². The first-order valence-electron chi connectivity index (χ1n) is 3.22. The van der Waals surface area contributed by atoms with Crippen molar-refractivity contribution in [1.82, 2.24) is 6.15 Å². The highest BCUT2D eigenvalue weighted by Crippen LogP contribution is 2.12. The van der Waals surface area contributed by atoms with Crippen LogP contribution < -0.4 is 11.9 Å². The Morgan fingerprint density at radius 3 is 2.42 bits per heavy atom. The molecule has 0 atom stereocenters. The van der Waals surface area contributed by atoms with Gasteiger partial charge in [0.15, 0.2) is 0 Å². The lowest BCUT2D eigenvalue weighted by molar-refractivity contribution is 1.45. The van der Waals surface area contributed by atoms with Crippen molar-refractivity contribution >= 4 is 24.2 Å². The number of halogens is 1. The largest absolute Gasteiger partial charge is 0.399 e. The van der Waals surface area contributed by atoms with Gasteiger partial charge in [0.2, 0.25) is 0 Å². The van der Waals surface area contributed by atoms with Crippen LogP contribution in [0.1, 0.15) is 11.1 Å². The summed E-state index contributed by atoms with van der Waals surface area (Å²) >= 11 is 0. The molecule has 0 aliphatic heterocycles. The van der Waals surface area contributed by atoms with Crippen molar-refractivity contribution in [2.45, 2.75) is 6.92 Å². The Bertz CT molecular complexity index is 259. The van der Waals surface area contributed by atoms with Gasteiger partial charge in [-0.1, -0.05) is 18.7 Å². The van der Waals surface area contributed by atoms with E-state index in [1.54, 1.807) is 0 Å². The molecule has 0 saturated heterocycles. The van der Waals surface area contributed by atoms with Gasteiger partial charge in [0.25, 0.3) is 0 Å². The molecule has 2 nitrogen and oxygen atoms in total. The fourth-order valence-electron chi connectivity index (χ4n) is 0.928. The van der Waals surface area contributed by atoms with Crippen LogP contribution in [0.4, 0.5) is 5.69 Å². The summed E-state index contributed by atoms with van der Waals surface area (Å²) < 4.78 is 0. The van der Waals surface area contributed by atoms with Crippen molar-refractivity contribution in [3.05, 3.63) is 35.9 Å². The van der Waals surface area contributed by atoms with Crippen LogP contribution in [0.25, 0.3) is 6.08 Å². The molecule has 0 saturated carbocycles. The lowest BCUT2D eigenvalue weighted by Crippen LogP contribution is -1.86.